The molecule has 1 aliphatic rings. The molecule has 0 radical (unpaired) electrons. The summed E-state index contributed by atoms with van der Waals surface area (Å²) in [5.74, 6) is 0.191. The number of halogens is 1. The van der Waals surface area contributed by atoms with Crippen LogP contribution in [0.3, 0.4) is 0 Å². The second-order valence-electron chi connectivity index (χ2n) is 5.72. The molecule has 0 unspecified atom stereocenters. The van der Waals surface area contributed by atoms with Crippen molar-refractivity contribution in [2.45, 2.75) is 6.42 Å². The summed E-state index contributed by atoms with van der Waals surface area (Å²) in [6, 6.07) is 10.5. The second kappa shape index (κ2) is 8.17. The number of benzene rings is 2. The number of ether oxygens (including phenoxy) is 1. The first-order valence-corrected chi connectivity index (χ1v) is 9.59. The number of methoxy groups -OCH3 is 1. The predicted octanol–water partition coefficient (Wildman–Crippen LogP) is 5.19. The fourth-order valence-corrected chi connectivity index (χ4v) is 4.18. The van der Waals surface area contributed by atoms with Crippen molar-refractivity contribution in [3.8, 4) is 11.5 Å². The Morgan fingerprint density at radius 1 is 1.37 bits per heavy atom. The number of aromatic hydroxyl groups is 1. The molecule has 0 saturated carbocycles. The minimum atomic E-state index is -0.218. The van der Waals surface area contributed by atoms with Crippen molar-refractivity contribution in [1.82, 2.24) is 0 Å². The van der Waals surface area contributed by atoms with E-state index in [9.17, 15) is 9.90 Å². The number of carbonyl (C=O) groups is 1. The molecule has 0 bridgehead atoms. The van der Waals surface area contributed by atoms with Gasteiger partial charge in [0.05, 0.1) is 17.7 Å². The number of amides is 1. The zero-order chi connectivity index (χ0) is 19.6. The van der Waals surface area contributed by atoms with Gasteiger partial charge in [-0.25, -0.2) is 0 Å². The molecule has 2 aromatic rings. The van der Waals surface area contributed by atoms with Crippen LogP contribution in [0.1, 0.15) is 11.1 Å². The zero-order valence-corrected chi connectivity index (χ0v) is 16.8. The van der Waals surface area contributed by atoms with Crippen molar-refractivity contribution < 1.29 is 14.6 Å². The van der Waals surface area contributed by atoms with Gasteiger partial charge in [0, 0.05) is 10.6 Å². The number of nitrogens with zero attached hydrogens (tertiary/aromatic N) is 1. The number of thioether (sulfide) groups is 1. The third-order valence-electron chi connectivity index (χ3n) is 3.92. The molecule has 0 spiro atoms. The van der Waals surface area contributed by atoms with Gasteiger partial charge in [-0.2, -0.15) is 0 Å². The summed E-state index contributed by atoms with van der Waals surface area (Å²) >= 11 is 12.6. The number of phenols is 1. The Morgan fingerprint density at radius 3 is 2.81 bits per heavy atom. The predicted molar refractivity (Wildman–Crippen MR) is 116 cm³/mol. The highest BCUT2D eigenvalue weighted by Gasteiger charge is 2.33. The number of hydrogen-bond donors (Lipinski definition) is 1. The highest BCUT2D eigenvalue weighted by molar-refractivity contribution is 8.27. The van der Waals surface area contributed by atoms with E-state index < -0.39 is 0 Å². The SMILES string of the molecule is C=CCc1cc(C=C2SC(=S)N(c3cccc(Cl)c3)C2=O)cc(OC)c1O. The lowest BCUT2D eigenvalue weighted by atomic mass is 10.1. The smallest absolute Gasteiger partial charge is 0.270 e. The van der Waals surface area contributed by atoms with Crippen LogP contribution < -0.4 is 9.64 Å². The van der Waals surface area contributed by atoms with E-state index in [-0.39, 0.29) is 11.7 Å². The van der Waals surface area contributed by atoms with Crippen molar-refractivity contribution in [2.75, 3.05) is 12.0 Å². The minimum absolute atomic E-state index is 0.0704. The molecule has 0 aromatic heterocycles. The van der Waals surface area contributed by atoms with Crippen molar-refractivity contribution in [3.63, 3.8) is 0 Å². The van der Waals surface area contributed by atoms with Crippen molar-refractivity contribution in [3.05, 3.63) is 70.1 Å². The molecule has 1 N–H and O–H groups in total. The Labute approximate surface area is 172 Å². The Kier molecular flexibility index (Phi) is 5.89. The standard InChI is InChI=1S/C20H16ClNO3S2/c1-3-5-13-8-12(9-16(25-2)18(13)23)10-17-19(24)22(20(26)27-17)15-7-4-6-14(21)11-15/h3-4,6-11,23H,1,5H2,2H3. The van der Waals surface area contributed by atoms with E-state index in [1.807, 2.05) is 0 Å². The molecule has 1 amide bonds. The molecule has 2 aromatic carbocycles. The number of rotatable bonds is 5. The first kappa shape index (κ1) is 19.5. The average Bonchev–Trinajstić information content (AvgIpc) is 2.91. The van der Waals surface area contributed by atoms with Crippen LogP contribution in [-0.2, 0) is 11.2 Å². The van der Waals surface area contributed by atoms with Crippen LogP contribution >= 0.6 is 35.6 Å². The van der Waals surface area contributed by atoms with Crippen LogP contribution in [0.5, 0.6) is 11.5 Å². The maximum Gasteiger partial charge on any atom is 0.270 e. The molecule has 138 valence electrons. The molecule has 1 fully saturated rings. The van der Waals surface area contributed by atoms with Gasteiger partial charge in [0.1, 0.15) is 0 Å². The number of hydrogen-bond acceptors (Lipinski definition) is 5. The Balaban J connectivity index is 1.98. The summed E-state index contributed by atoms with van der Waals surface area (Å²) in [7, 11) is 1.48. The summed E-state index contributed by atoms with van der Waals surface area (Å²) in [5.41, 5.74) is 2.03. The summed E-state index contributed by atoms with van der Waals surface area (Å²) in [4.78, 5) is 14.8. The molecule has 1 aliphatic heterocycles. The van der Waals surface area contributed by atoms with Crippen LogP contribution in [0.15, 0.2) is 54.0 Å². The number of anilines is 1. The highest BCUT2D eigenvalue weighted by atomic mass is 35.5. The fraction of sp³-hybridized carbons (Fsp3) is 0.100. The molecule has 27 heavy (non-hydrogen) atoms. The van der Waals surface area contributed by atoms with Gasteiger partial charge in [-0.1, -0.05) is 47.7 Å². The Morgan fingerprint density at radius 2 is 2.15 bits per heavy atom. The monoisotopic (exact) mass is 417 g/mol. The maximum atomic E-state index is 12.9. The Bertz CT molecular complexity index is 972. The molecule has 0 atom stereocenters. The maximum absolute atomic E-state index is 12.9. The largest absolute Gasteiger partial charge is 0.504 e. The number of carbonyl (C=O) groups excluding carboxylic acids is 1. The van der Waals surface area contributed by atoms with E-state index in [2.05, 4.69) is 6.58 Å². The van der Waals surface area contributed by atoms with Crippen LogP contribution in [-0.4, -0.2) is 22.4 Å². The Hall–Kier alpha value is -2.28. The molecular formula is C20H16ClNO3S2. The van der Waals surface area contributed by atoms with Gasteiger partial charge in [0.2, 0.25) is 0 Å². The molecule has 1 saturated heterocycles. The zero-order valence-electron chi connectivity index (χ0n) is 14.4. The third kappa shape index (κ3) is 4.03. The molecule has 1 heterocycles. The van der Waals surface area contributed by atoms with E-state index in [0.29, 0.717) is 37.7 Å². The van der Waals surface area contributed by atoms with Crippen LogP contribution in [0.25, 0.3) is 6.08 Å². The molecule has 4 nitrogen and oxygen atoms in total. The van der Waals surface area contributed by atoms with Crippen molar-refractivity contribution in [2.24, 2.45) is 0 Å². The van der Waals surface area contributed by atoms with Gasteiger partial charge in [0.15, 0.2) is 15.8 Å². The van der Waals surface area contributed by atoms with Gasteiger partial charge in [0.25, 0.3) is 5.91 Å². The van der Waals surface area contributed by atoms with E-state index in [0.717, 1.165) is 5.56 Å². The average molecular weight is 418 g/mol. The highest BCUT2D eigenvalue weighted by Crippen LogP contribution is 2.38. The summed E-state index contributed by atoms with van der Waals surface area (Å²) in [5, 5.41) is 10.7. The number of phenolic OH excluding ortho intramolecular Hbond substituents is 1. The van der Waals surface area contributed by atoms with Crippen LogP contribution in [0.4, 0.5) is 5.69 Å². The van der Waals surface area contributed by atoms with E-state index in [1.54, 1.807) is 48.6 Å². The topological polar surface area (TPSA) is 49.8 Å². The van der Waals surface area contributed by atoms with Gasteiger partial charge >= 0.3 is 0 Å². The molecule has 0 aliphatic carbocycles. The summed E-state index contributed by atoms with van der Waals surface area (Å²) < 4.78 is 5.67. The first-order valence-electron chi connectivity index (χ1n) is 7.99. The molecule has 3 rings (SSSR count). The third-order valence-corrected chi connectivity index (χ3v) is 5.46. The minimum Gasteiger partial charge on any atom is -0.504 e. The van der Waals surface area contributed by atoms with Gasteiger partial charge in [-0.15, -0.1) is 6.58 Å². The van der Waals surface area contributed by atoms with Gasteiger partial charge < -0.3 is 9.84 Å². The van der Waals surface area contributed by atoms with E-state index >= 15 is 0 Å². The normalized spacial score (nSPS) is 15.5. The quantitative estimate of drug-likeness (QED) is 0.412. The number of thiocarbonyl (C=S) groups is 1. The van der Waals surface area contributed by atoms with Crippen molar-refractivity contribution >= 4 is 57.6 Å². The summed E-state index contributed by atoms with van der Waals surface area (Å²) in [6.45, 7) is 3.70. The fourth-order valence-electron chi connectivity index (χ4n) is 2.70. The first-order chi connectivity index (χ1) is 12.9. The van der Waals surface area contributed by atoms with Gasteiger partial charge in [-0.05, 0) is 48.4 Å². The lowest BCUT2D eigenvalue weighted by molar-refractivity contribution is -0.113. The van der Waals surface area contributed by atoms with Crippen LogP contribution in [0.2, 0.25) is 5.02 Å². The summed E-state index contributed by atoms with van der Waals surface area (Å²) in [6.07, 6.45) is 3.91. The second-order valence-corrected chi connectivity index (χ2v) is 7.83. The molecule has 7 heteroatoms. The van der Waals surface area contributed by atoms with Crippen molar-refractivity contribution in [1.29, 1.82) is 0 Å². The number of allylic oxidation sites excluding steroid dienone is 1. The lowest BCUT2D eigenvalue weighted by Gasteiger charge is -2.14. The van der Waals surface area contributed by atoms with Gasteiger partial charge in [-0.3, -0.25) is 9.69 Å². The van der Waals surface area contributed by atoms with E-state index in [1.165, 1.54) is 23.8 Å². The van der Waals surface area contributed by atoms with Crippen LogP contribution in [0, 0.1) is 0 Å². The van der Waals surface area contributed by atoms with E-state index in [4.69, 9.17) is 28.6 Å². The lowest BCUT2D eigenvalue weighted by Crippen LogP contribution is -2.27. The molecular weight excluding hydrogens is 402 g/mol.